The third kappa shape index (κ3) is 3.29. The van der Waals surface area contributed by atoms with E-state index in [1.165, 1.54) is 6.33 Å². The molecule has 0 aliphatic rings. The van der Waals surface area contributed by atoms with Crippen LogP contribution in [0.5, 0.6) is 0 Å². The first-order valence-corrected chi connectivity index (χ1v) is 7.20. The second-order valence-electron chi connectivity index (χ2n) is 5.20. The average Bonchev–Trinajstić information content (AvgIpc) is 3.06. The lowest BCUT2D eigenvalue weighted by Gasteiger charge is -2.12. The zero-order valence-corrected chi connectivity index (χ0v) is 13.0. The molecule has 2 rings (SSSR count). The van der Waals surface area contributed by atoms with Crippen molar-refractivity contribution in [1.29, 1.82) is 0 Å². The summed E-state index contributed by atoms with van der Waals surface area (Å²) in [7, 11) is 0. The van der Waals surface area contributed by atoms with Crippen LogP contribution in [0, 0.1) is 13.8 Å². The van der Waals surface area contributed by atoms with Gasteiger partial charge in [-0.2, -0.15) is 10.2 Å². The largest absolute Gasteiger partial charge is 0.350 e. The van der Waals surface area contributed by atoms with Gasteiger partial charge in [-0.05, 0) is 27.2 Å². The van der Waals surface area contributed by atoms with Gasteiger partial charge < -0.3 is 5.32 Å². The Hall–Kier alpha value is -2.18. The molecule has 1 atom stereocenters. The predicted octanol–water partition coefficient (Wildman–Crippen LogP) is 1.49. The van der Waals surface area contributed by atoms with Gasteiger partial charge in [-0.3, -0.25) is 9.48 Å². The van der Waals surface area contributed by atoms with Gasteiger partial charge >= 0.3 is 0 Å². The standard InChI is InChI=1S/C14H22N6O/c1-5-6-19-12(4)13(11(3)18-19)14(21)16-7-10(2)20-9-15-8-17-20/h8-10H,5-7H2,1-4H3,(H,16,21). The van der Waals surface area contributed by atoms with Gasteiger partial charge in [0, 0.05) is 18.8 Å². The molecular weight excluding hydrogens is 268 g/mol. The van der Waals surface area contributed by atoms with Gasteiger partial charge in [0.2, 0.25) is 0 Å². The van der Waals surface area contributed by atoms with E-state index in [1.807, 2.05) is 25.5 Å². The summed E-state index contributed by atoms with van der Waals surface area (Å²) in [5.41, 5.74) is 2.36. The second kappa shape index (κ2) is 6.51. The number of carbonyl (C=O) groups excluding carboxylic acids is 1. The van der Waals surface area contributed by atoms with Gasteiger partial charge in [-0.1, -0.05) is 6.92 Å². The summed E-state index contributed by atoms with van der Waals surface area (Å²) in [6.07, 6.45) is 4.13. The van der Waals surface area contributed by atoms with Gasteiger partial charge in [-0.25, -0.2) is 9.67 Å². The SMILES string of the molecule is CCCn1nc(C)c(C(=O)NCC(C)n2cncn2)c1C. The topological polar surface area (TPSA) is 77.6 Å². The molecule has 0 aliphatic heterocycles. The van der Waals surface area contributed by atoms with Crippen LogP contribution in [-0.4, -0.2) is 37.0 Å². The molecule has 0 aromatic carbocycles. The highest BCUT2D eigenvalue weighted by Gasteiger charge is 2.18. The highest BCUT2D eigenvalue weighted by Crippen LogP contribution is 2.13. The Morgan fingerprint density at radius 3 is 2.81 bits per heavy atom. The molecule has 1 N–H and O–H groups in total. The summed E-state index contributed by atoms with van der Waals surface area (Å²) in [6, 6.07) is 0.0581. The molecule has 0 spiro atoms. The minimum atomic E-state index is -0.0840. The van der Waals surface area contributed by atoms with E-state index >= 15 is 0 Å². The van der Waals surface area contributed by atoms with Gasteiger partial charge in [0.25, 0.3) is 5.91 Å². The van der Waals surface area contributed by atoms with Gasteiger partial charge in [0.05, 0.1) is 17.3 Å². The average molecular weight is 290 g/mol. The summed E-state index contributed by atoms with van der Waals surface area (Å²) in [6.45, 7) is 9.21. The Labute approximate surface area is 124 Å². The number of carbonyl (C=O) groups is 1. The zero-order chi connectivity index (χ0) is 15.4. The van der Waals surface area contributed by atoms with E-state index in [1.54, 1.807) is 11.0 Å². The molecular formula is C14H22N6O. The molecule has 21 heavy (non-hydrogen) atoms. The number of nitrogens with zero attached hydrogens (tertiary/aromatic N) is 5. The summed E-state index contributed by atoms with van der Waals surface area (Å²) in [5.74, 6) is -0.0840. The van der Waals surface area contributed by atoms with Crippen molar-refractivity contribution in [2.75, 3.05) is 6.54 Å². The monoisotopic (exact) mass is 290 g/mol. The first-order chi connectivity index (χ1) is 10.0. The van der Waals surface area contributed by atoms with Crippen molar-refractivity contribution < 1.29 is 4.79 Å². The highest BCUT2D eigenvalue weighted by molar-refractivity contribution is 5.96. The number of hydrogen-bond donors (Lipinski definition) is 1. The second-order valence-corrected chi connectivity index (χ2v) is 5.20. The molecule has 0 aliphatic carbocycles. The maximum Gasteiger partial charge on any atom is 0.255 e. The molecule has 0 radical (unpaired) electrons. The molecule has 2 heterocycles. The van der Waals surface area contributed by atoms with E-state index in [9.17, 15) is 4.79 Å². The first kappa shape index (κ1) is 15.2. The van der Waals surface area contributed by atoms with Crippen molar-refractivity contribution in [3.63, 3.8) is 0 Å². The van der Waals surface area contributed by atoms with Gasteiger partial charge in [0.15, 0.2) is 0 Å². The molecule has 7 nitrogen and oxygen atoms in total. The van der Waals surface area contributed by atoms with Crippen LogP contribution in [0.2, 0.25) is 0 Å². The summed E-state index contributed by atoms with van der Waals surface area (Å²) < 4.78 is 3.62. The molecule has 0 bridgehead atoms. The van der Waals surface area contributed by atoms with Crippen molar-refractivity contribution in [2.45, 2.75) is 46.7 Å². The van der Waals surface area contributed by atoms with Gasteiger partial charge in [-0.15, -0.1) is 0 Å². The smallest absolute Gasteiger partial charge is 0.255 e. The summed E-state index contributed by atoms with van der Waals surface area (Å²) in [4.78, 5) is 16.3. The van der Waals surface area contributed by atoms with E-state index in [0.717, 1.165) is 24.4 Å². The van der Waals surface area contributed by atoms with E-state index in [4.69, 9.17) is 0 Å². The van der Waals surface area contributed by atoms with Crippen LogP contribution in [0.15, 0.2) is 12.7 Å². The number of nitrogens with one attached hydrogen (secondary N) is 1. The molecule has 1 unspecified atom stereocenters. The lowest BCUT2D eigenvalue weighted by Crippen LogP contribution is -2.30. The number of hydrogen-bond acceptors (Lipinski definition) is 4. The minimum Gasteiger partial charge on any atom is -0.350 e. The van der Waals surface area contributed by atoms with Crippen molar-refractivity contribution in [3.8, 4) is 0 Å². The van der Waals surface area contributed by atoms with Crippen LogP contribution >= 0.6 is 0 Å². The van der Waals surface area contributed by atoms with Crippen LogP contribution in [0.3, 0.4) is 0 Å². The van der Waals surface area contributed by atoms with Crippen LogP contribution < -0.4 is 5.32 Å². The van der Waals surface area contributed by atoms with E-state index < -0.39 is 0 Å². The molecule has 0 saturated carbocycles. The Bertz CT molecular complexity index is 601. The summed E-state index contributed by atoms with van der Waals surface area (Å²) in [5, 5.41) is 11.4. The fourth-order valence-corrected chi connectivity index (χ4v) is 2.32. The van der Waals surface area contributed by atoms with E-state index in [0.29, 0.717) is 12.1 Å². The third-order valence-electron chi connectivity index (χ3n) is 3.49. The molecule has 0 saturated heterocycles. The minimum absolute atomic E-state index is 0.0581. The first-order valence-electron chi connectivity index (χ1n) is 7.20. The highest BCUT2D eigenvalue weighted by atomic mass is 16.1. The van der Waals surface area contributed by atoms with Gasteiger partial charge in [0.1, 0.15) is 12.7 Å². The summed E-state index contributed by atoms with van der Waals surface area (Å²) >= 11 is 0. The lowest BCUT2D eigenvalue weighted by molar-refractivity contribution is 0.0946. The number of rotatable bonds is 6. The number of amides is 1. The van der Waals surface area contributed by atoms with E-state index in [2.05, 4.69) is 27.4 Å². The Morgan fingerprint density at radius 1 is 1.43 bits per heavy atom. The molecule has 114 valence electrons. The third-order valence-corrected chi connectivity index (χ3v) is 3.49. The molecule has 2 aromatic rings. The molecule has 7 heteroatoms. The normalized spacial score (nSPS) is 12.4. The lowest BCUT2D eigenvalue weighted by atomic mass is 10.2. The van der Waals surface area contributed by atoms with Crippen molar-refractivity contribution in [1.82, 2.24) is 29.9 Å². The van der Waals surface area contributed by atoms with Crippen LogP contribution in [0.1, 0.15) is 48.1 Å². The fraction of sp³-hybridized carbons (Fsp3) is 0.571. The van der Waals surface area contributed by atoms with Crippen LogP contribution in [0.25, 0.3) is 0 Å². The quantitative estimate of drug-likeness (QED) is 0.874. The van der Waals surface area contributed by atoms with Crippen molar-refractivity contribution in [2.24, 2.45) is 0 Å². The van der Waals surface area contributed by atoms with Crippen molar-refractivity contribution in [3.05, 3.63) is 29.6 Å². The van der Waals surface area contributed by atoms with Crippen LogP contribution in [-0.2, 0) is 6.54 Å². The zero-order valence-electron chi connectivity index (χ0n) is 13.0. The van der Waals surface area contributed by atoms with Crippen LogP contribution in [0.4, 0.5) is 0 Å². The molecule has 1 amide bonds. The Morgan fingerprint density at radius 2 is 2.19 bits per heavy atom. The number of aromatic nitrogens is 5. The predicted molar refractivity (Wildman–Crippen MR) is 79.1 cm³/mol. The number of aryl methyl sites for hydroxylation is 2. The maximum atomic E-state index is 12.4. The molecule has 0 fully saturated rings. The Kier molecular flexibility index (Phi) is 4.72. The maximum absolute atomic E-state index is 12.4. The Balaban J connectivity index is 2.03. The molecule has 2 aromatic heterocycles. The van der Waals surface area contributed by atoms with E-state index in [-0.39, 0.29) is 11.9 Å². The van der Waals surface area contributed by atoms with Crippen molar-refractivity contribution >= 4 is 5.91 Å². The fourth-order valence-electron chi connectivity index (χ4n) is 2.32.